The molecule has 0 fully saturated rings. The predicted molar refractivity (Wildman–Crippen MR) is 58.6 cm³/mol. The summed E-state index contributed by atoms with van der Waals surface area (Å²) >= 11 is 1.64. The van der Waals surface area contributed by atoms with Crippen LogP contribution in [0, 0.1) is 0 Å². The van der Waals surface area contributed by atoms with E-state index in [1.807, 2.05) is 11.4 Å². The molecule has 1 rings (SSSR count). The fourth-order valence-corrected chi connectivity index (χ4v) is 1.94. The van der Waals surface area contributed by atoms with Gasteiger partial charge in [-0.1, -0.05) is 13.3 Å². The second kappa shape index (κ2) is 6.43. The molecule has 1 aromatic heterocycles. The maximum absolute atomic E-state index is 10.0. The molecule has 0 aliphatic heterocycles. The lowest BCUT2D eigenvalue weighted by molar-refractivity contribution is -0.129. The van der Waals surface area contributed by atoms with Crippen LogP contribution in [0.25, 0.3) is 0 Å². The summed E-state index contributed by atoms with van der Waals surface area (Å²) in [5, 5.41) is 6.43. The Bertz CT molecular complexity index is 273. The molecule has 0 aliphatic carbocycles. The molecule has 3 nitrogen and oxygen atoms in total. The Morgan fingerprint density at radius 1 is 1.64 bits per heavy atom. The first-order valence-corrected chi connectivity index (χ1v) is 5.62. The standard InChI is InChI=1S/C10H15NO2S/c1-2-3-5-11-10-9(4-6-14-10)7-13-8-12/h4,6,8,11H,2-3,5,7H2,1H3. The Labute approximate surface area is 88.1 Å². The lowest BCUT2D eigenvalue weighted by Crippen LogP contribution is -2.01. The number of unbranched alkanes of at least 4 members (excludes halogenated alkanes) is 1. The van der Waals surface area contributed by atoms with E-state index in [1.165, 1.54) is 6.42 Å². The molecule has 0 radical (unpaired) electrons. The maximum atomic E-state index is 10.0. The molecule has 0 atom stereocenters. The second-order valence-electron chi connectivity index (χ2n) is 2.96. The SMILES string of the molecule is CCCCNc1sccc1COC=O. The molecule has 1 N–H and O–H groups in total. The van der Waals surface area contributed by atoms with Gasteiger partial charge < -0.3 is 10.1 Å². The van der Waals surface area contributed by atoms with E-state index in [4.69, 9.17) is 4.74 Å². The monoisotopic (exact) mass is 213 g/mol. The largest absolute Gasteiger partial charge is 0.463 e. The van der Waals surface area contributed by atoms with Crippen LogP contribution in [-0.2, 0) is 16.1 Å². The van der Waals surface area contributed by atoms with Crippen molar-refractivity contribution in [3.8, 4) is 0 Å². The summed E-state index contributed by atoms with van der Waals surface area (Å²) in [4.78, 5) is 10.0. The Balaban J connectivity index is 2.40. The molecule has 0 bridgehead atoms. The van der Waals surface area contributed by atoms with E-state index in [0.29, 0.717) is 13.1 Å². The zero-order valence-electron chi connectivity index (χ0n) is 8.29. The Hall–Kier alpha value is -1.03. The summed E-state index contributed by atoms with van der Waals surface area (Å²) in [5.41, 5.74) is 1.05. The van der Waals surface area contributed by atoms with Crippen LogP contribution in [-0.4, -0.2) is 13.0 Å². The van der Waals surface area contributed by atoms with Gasteiger partial charge in [-0.25, -0.2) is 0 Å². The Morgan fingerprint density at radius 2 is 2.50 bits per heavy atom. The molecule has 4 heteroatoms. The van der Waals surface area contributed by atoms with Gasteiger partial charge in [-0.15, -0.1) is 11.3 Å². The van der Waals surface area contributed by atoms with Gasteiger partial charge in [0.2, 0.25) is 0 Å². The number of carbonyl (C=O) groups excluding carboxylic acids is 1. The van der Waals surface area contributed by atoms with E-state index in [2.05, 4.69) is 12.2 Å². The van der Waals surface area contributed by atoms with Gasteiger partial charge in [0.1, 0.15) is 6.61 Å². The average Bonchev–Trinajstić information content (AvgIpc) is 2.63. The predicted octanol–water partition coefficient (Wildman–Crippen LogP) is 2.63. The van der Waals surface area contributed by atoms with Crippen molar-refractivity contribution < 1.29 is 9.53 Å². The zero-order chi connectivity index (χ0) is 10.2. The molecule has 1 aromatic rings. The molecule has 0 saturated carbocycles. The lowest BCUT2D eigenvalue weighted by Gasteiger charge is -2.05. The molecule has 78 valence electrons. The normalized spacial score (nSPS) is 9.79. The quantitative estimate of drug-likeness (QED) is 0.559. The van der Waals surface area contributed by atoms with Gasteiger partial charge in [-0.2, -0.15) is 0 Å². The average molecular weight is 213 g/mol. The van der Waals surface area contributed by atoms with Crippen molar-refractivity contribution in [3.05, 3.63) is 17.0 Å². The van der Waals surface area contributed by atoms with E-state index in [-0.39, 0.29) is 0 Å². The first-order valence-electron chi connectivity index (χ1n) is 4.74. The van der Waals surface area contributed by atoms with Crippen LogP contribution in [0.15, 0.2) is 11.4 Å². The molecule has 0 spiro atoms. The topological polar surface area (TPSA) is 38.3 Å². The Morgan fingerprint density at radius 3 is 3.21 bits per heavy atom. The maximum Gasteiger partial charge on any atom is 0.293 e. The van der Waals surface area contributed by atoms with Gasteiger partial charge in [0, 0.05) is 12.1 Å². The highest BCUT2D eigenvalue weighted by atomic mass is 32.1. The summed E-state index contributed by atoms with van der Waals surface area (Å²) < 4.78 is 4.71. The van der Waals surface area contributed by atoms with Crippen LogP contribution in [0.3, 0.4) is 0 Å². The summed E-state index contributed by atoms with van der Waals surface area (Å²) in [6, 6.07) is 1.97. The van der Waals surface area contributed by atoms with Crippen molar-refractivity contribution in [1.82, 2.24) is 0 Å². The summed E-state index contributed by atoms with van der Waals surface area (Å²) in [6.07, 6.45) is 2.34. The van der Waals surface area contributed by atoms with Gasteiger partial charge in [0.05, 0.1) is 5.00 Å². The summed E-state index contributed by atoms with van der Waals surface area (Å²) in [7, 11) is 0. The van der Waals surface area contributed by atoms with Crippen molar-refractivity contribution in [2.24, 2.45) is 0 Å². The number of carbonyl (C=O) groups is 1. The molecule has 0 unspecified atom stereocenters. The fourth-order valence-electron chi connectivity index (χ4n) is 1.11. The summed E-state index contributed by atoms with van der Waals surface area (Å²) in [5.74, 6) is 0. The van der Waals surface area contributed by atoms with E-state index in [0.717, 1.165) is 23.5 Å². The minimum absolute atomic E-state index is 0.363. The smallest absolute Gasteiger partial charge is 0.293 e. The number of nitrogens with one attached hydrogen (secondary N) is 1. The second-order valence-corrected chi connectivity index (χ2v) is 3.88. The molecule has 0 saturated heterocycles. The van der Waals surface area contributed by atoms with Crippen molar-refractivity contribution in [3.63, 3.8) is 0 Å². The van der Waals surface area contributed by atoms with Crippen LogP contribution >= 0.6 is 11.3 Å². The number of rotatable bonds is 7. The number of hydrogen-bond acceptors (Lipinski definition) is 4. The van der Waals surface area contributed by atoms with E-state index < -0.39 is 0 Å². The van der Waals surface area contributed by atoms with Gasteiger partial charge in [-0.05, 0) is 17.9 Å². The van der Waals surface area contributed by atoms with Crippen LogP contribution in [0.1, 0.15) is 25.3 Å². The number of ether oxygens (including phenoxy) is 1. The van der Waals surface area contributed by atoms with Gasteiger partial charge in [-0.3, -0.25) is 4.79 Å². The molecular weight excluding hydrogens is 198 g/mol. The van der Waals surface area contributed by atoms with Gasteiger partial charge in [0.15, 0.2) is 0 Å². The molecule has 0 aromatic carbocycles. The van der Waals surface area contributed by atoms with E-state index >= 15 is 0 Å². The van der Waals surface area contributed by atoms with Crippen molar-refractivity contribution in [2.75, 3.05) is 11.9 Å². The minimum atomic E-state index is 0.363. The molecule has 0 aliphatic rings. The highest BCUT2D eigenvalue weighted by Crippen LogP contribution is 2.23. The first-order chi connectivity index (χ1) is 6.88. The first kappa shape index (κ1) is 11.0. The number of anilines is 1. The van der Waals surface area contributed by atoms with Crippen LogP contribution in [0.5, 0.6) is 0 Å². The third-order valence-corrected chi connectivity index (χ3v) is 2.78. The molecule has 14 heavy (non-hydrogen) atoms. The third-order valence-electron chi connectivity index (χ3n) is 1.87. The number of thiophene rings is 1. The molecule has 0 amide bonds. The third kappa shape index (κ3) is 3.38. The van der Waals surface area contributed by atoms with Crippen molar-refractivity contribution in [2.45, 2.75) is 26.4 Å². The van der Waals surface area contributed by atoms with Crippen molar-refractivity contribution in [1.29, 1.82) is 0 Å². The minimum Gasteiger partial charge on any atom is -0.463 e. The highest BCUT2D eigenvalue weighted by molar-refractivity contribution is 7.14. The van der Waals surface area contributed by atoms with E-state index in [1.54, 1.807) is 11.3 Å². The Kier molecular flexibility index (Phi) is 5.07. The number of hydrogen-bond donors (Lipinski definition) is 1. The van der Waals surface area contributed by atoms with Crippen molar-refractivity contribution >= 4 is 22.8 Å². The fraction of sp³-hybridized carbons (Fsp3) is 0.500. The summed E-state index contributed by atoms with van der Waals surface area (Å²) in [6.45, 7) is 3.98. The van der Waals surface area contributed by atoms with Crippen LogP contribution in [0.2, 0.25) is 0 Å². The highest BCUT2D eigenvalue weighted by Gasteiger charge is 2.02. The molecule has 1 heterocycles. The van der Waals surface area contributed by atoms with E-state index in [9.17, 15) is 4.79 Å². The zero-order valence-corrected chi connectivity index (χ0v) is 9.10. The van der Waals surface area contributed by atoms with Crippen LogP contribution in [0.4, 0.5) is 5.00 Å². The van der Waals surface area contributed by atoms with Crippen LogP contribution < -0.4 is 5.32 Å². The van der Waals surface area contributed by atoms with Gasteiger partial charge >= 0.3 is 0 Å². The molecular formula is C10H15NO2S. The van der Waals surface area contributed by atoms with Gasteiger partial charge in [0.25, 0.3) is 6.47 Å². The lowest BCUT2D eigenvalue weighted by atomic mass is 10.3.